The van der Waals surface area contributed by atoms with Crippen LogP contribution in [-0.2, 0) is 4.79 Å². The molecule has 4 nitrogen and oxygen atoms in total. The van der Waals surface area contributed by atoms with Crippen molar-refractivity contribution in [3.8, 4) is 0 Å². The molecule has 1 heterocycles. The fourth-order valence-electron chi connectivity index (χ4n) is 3.28. The maximum absolute atomic E-state index is 12.0. The van der Waals surface area contributed by atoms with Crippen LogP contribution in [0.15, 0.2) is 0 Å². The van der Waals surface area contributed by atoms with Crippen molar-refractivity contribution in [3.05, 3.63) is 0 Å². The SMILES string of the molecule is CC(C(=O)NCCCN(C)C1CCCCC1)C1CNC1. The van der Waals surface area contributed by atoms with Crippen LogP contribution in [0.1, 0.15) is 45.4 Å². The van der Waals surface area contributed by atoms with E-state index in [-0.39, 0.29) is 11.8 Å². The normalized spacial score (nSPS) is 22.6. The molecule has 1 unspecified atom stereocenters. The van der Waals surface area contributed by atoms with Gasteiger partial charge < -0.3 is 15.5 Å². The van der Waals surface area contributed by atoms with Crippen molar-refractivity contribution in [1.29, 1.82) is 0 Å². The first-order chi connectivity index (χ1) is 9.68. The predicted molar refractivity (Wildman–Crippen MR) is 82.7 cm³/mol. The van der Waals surface area contributed by atoms with Gasteiger partial charge in [-0.15, -0.1) is 0 Å². The van der Waals surface area contributed by atoms with Crippen LogP contribution < -0.4 is 10.6 Å². The van der Waals surface area contributed by atoms with Crippen LogP contribution in [0.4, 0.5) is 0 Å². The zero-order valence-corrected chi connectivity index (χ0v) is 13.2. The molecule has 1 aliphatic carbocycles. The fraction of sp³-hybridized carbons (Fsp3) is 0.938. The minimum atomic E-state index is 0.160. The highest BCUT2D eigenvalue weighted by molar-refractivity contribution is 5.78. The maximum atomic E-state index is 12.0. The average Bonchev–Trinajstić information content (AvgIpc) is 2.42. The van der Waals surface area contributed by atoms with Crippen LogP contribution >= 0.6 is 0 Å². The van der Waals surface area contributed by atoms with Gasteiger partial charge in [-0.1, -0.05) is 26.2 Å². The van der Waals surface area contributed by atoms with Crippen molar-refractivity contribution in [2.24, 2.45) is 11.8 Å². The van der Waals surface area contributed by atoms with Crippen molar-refractivity contribution >= 4 is 5.91 Å². The average molecular weight is 281 g/mol. The Labute approximate surface area is 123 Å². The Morgan fingerprint density at radius 1 is 1.30 bits per heavy atom. The van der Waals surface area contributed by atoms with Gasteiger partial charge in [0, 0.05) is 18.5 Å². The quantitative estimate of drug-likeness (QED) is 0.697. The second-order valence-electron chi connectivity index (χ2n) is 6.62. The van der Waals surface area contributed by atoms with Gasteiger partial charge in [0.1, 0.15) is 0 Å². The molecule has 1 saturated carbocycles. The van der Waals surface area contributed by atoms with Crippen molar-refractivity contribution in [1.82, 2.24) is 15.5 Å². The third-order valence-electron chi connectivity index (χ3n) is 5.12. The summed E-state index contributed by atoms with van der Waals surface area (Å²) in [6.45, 7) is 5.97. The molecule has 0 bridgehead atoms. The highest BCUT2D eigenvalue weighted by atomic mass is 16.1. The van der Waals surface area contributed by atoms with Crippen LogP contribution in [0.3, 0.4) is 0 Å². The van der Waals surface area contributed by atoms with Gasteiger partial charge >= 0.3 is 0 Å². The Bertz CT molecular complexity index is 298. The zero-order valence-electron chi connectivity index (χ0n) is 13.2. The lowest BCUT2D eigenvalue weighted by Gasteiger charge is -2.32. The Kier molecular flexibility index (Phi) is 6.30. The summed E-state index contributed by atoms with van der Waals surface area (Å²) in [5, 5.41) is 6.33. The number of amides is 1. The van der Waals surface area contributed by atoms with Gasteiger partial charge in [0.25, 0.3) is 0 Å². The molecule has 20 heavy (non-hydrogen) atoms. The van der Waals surface area contributed by atoms with Gasteiger partial charge in [-0.2, -0.15) is 0 Å². The molecule has 0 radical (unpaired) electrons. The first kappa shape index (κ1) is 15.8. The van der Waals surface area contributed by atoms with Crippen molar-refractivity contribution in [2.75, 3.05) is 33.2 Å². The van der Waals surface area contributed by atoms with Gasteiger partial charge in [0.05, 0.1) is 0 Å². The van der Waals surface area contributed by atoms with E-state index in [1.807, 2.05) is 0 Å². The summed E-state index contributed by atoms with van der Waals surface area (Å²) in [7, 11) is 2.24. The van der Waals surface area contributed by atoms with E-state index in [0.29, 0.717) is 5.92 Å². The molecule has 0 aromatic rings. The monoisotopic (exact) mass is 281 g/mol. The summed E-state index contributed by atoms with van der Waals surface area (Å²) in [6, 6.07) is 0.777. The molecular formula is C16H31N3O. The Hall–Kier alpha value is -0.610. The number of nitrogens with zero attached hydrogens (tertiary/aromatic N) is 1. The molecule has 2 fully saturated rings. The minimum Gasteiger partial charge on any atom is -0.356 e. The fourth-order valence-corrected chi connectivity index (χ4v) is 3.28. The summed E-state index contributed by atoms with van der Waals surface area (Å²) >= 11 is 0. The summed E-state index contributed by atoms with van der Waals surface area (Å²) in [4.78, 5) is 14.5. The first-order valence-electron chi connectivity index (χ1n) is 8.37. The highest BCUT2D eigenvalue weighted by Crippen LogP contribution is 2.21. The molecule has 2 rings (SSSR count). The Morgan fingerprint density at radius 3 is 2.60 bits per heavy atom. The van der Waals surface area contributed by atoms with Gasteiger partial charge in [-0.3, -0.25) is 4.79 Å². The zero-order chi connectivity index (χ0) is 14.4. The number of carbonyl (C=O) groups excluding carboxylic acids is 1. The largest absolute Gasteiger partial charge is 0.356 e. The van der Waals surface area contributed by atoms with Crippen LogP contribution in [-0.4, -0.2) is 50.1 Å². The van der Waals surface area contributed by atoms with E-state index in [9.17, 15) is 4.79 Å². The molecule has 2 aliphatic rings. The number of carbonyl (C=O) groups is 1. The van der Waals surface area contributed by atoms with E-state index in [4.69, 9.17) is 0 Å². The third kappa shape index (κ3) is 4.45. The lowest BCUT2D eigenvalue weighted by atomic mass is 9.88. The van der Waals surface area contributed by atoms with Crippen molar-refractivity contribution in [3.63, 3.8) is 0 Å². The second-order valence-corrected chi connectivity index (χ2v) is 6.62. The molecule has 1 atom stereocenters. The summed E-state index contributed by atoms with van der Waals surface area (Å²) < 4.78 is 0. The lowest BCUT2D eigenvalue weighted by Crippen LogP contribution is -2.49. The van der Waals surface area contributed by atoms with E-state index >= 15 is 0 Å². The molecule has 0 spiro atoms. The molecule has 4 heteroatoms. The van der Waals surface area contributed by atoms with Crippen molar-refractivity contribution < 1.29 is 4.79 Å². The highest BCUT2D eigenvalue weighted by Gasteiger charge is 2.28. The van der Waals surface area contributed by atoms with Gasteiger partial charge in [0.15, 0.2) is 0 Å². The van der Waals surface area contributed by atoms with E-state index in [1.165, 1.54) is 32.1 Å². The van der Waals surface area contributed by atoms with Gasteiger partial charge in [-0.25, -0.2) is 0 Å². The van der Waals surface area contributed by atoms with E-state index in [2.05, 4.69) is 29.5 Å². The van der Waals surface area contributed by atoms with Crippen LogP contribution in [0.25, 0.3) is 0 Å². The van der Waals surface area contributed by atoms with E-state index < -0.39 is 0 Å². The summed E-state index contributed by atoms with van der Waals surface area (Å²) in [6.07, 6.45) is 7.96. The number of hydrogen-bond acceptors (Lipinski definition) is 3. The molecule has 0 aromatic heterocycles. The molecular weight excluding hydrogens is 250 g/mol. The van der Waals surface area contributed by atoms with Gasteiger partial charge in [0.2, 0.25) is 5.91 Å². The molecule has 1 aliphatic heterocycles. The van der Waals surface area contributed by atoms with Crippen LogP contribution in [0, 0.1) is 11.8 Å². The number of hydrogen-bond donors (Lipinski definition) is 2. The molecule has 1 saturated heterocycles. The van der Waals surface area contributed by atoms with E-state index in [1.54, 1.807) is 0 Å². The van der Waals surface area contributed by atoms with Crippen LogP contribution in [0.5, 0.6) is 0 Å². The van der Waals surface area contributed by atoms with Crippen LogP contribution in [0.2, 0.25) is 0 Å². The Balaban J connectivity index is 1.54. The number of rotatable bonds is 7. The maximum Gasteiger partial charge on any atom is 0.223 e. The minimum absolute atomic E-state index is 0.160. The second kappa shape index (κ2) is 7.99. The number of nitrogens with one attached hydrogen (secondary N) is 2. The topological polar surface area (TPSA) is 44.4 Å². The third-order valence-corrected chi connectivity index (χ3v) is 5.12. The molecule has 1 amide bonds. The smallest absolute Gasteiger partial charge is 0.223 e. The van der Waals surface area contributed by atoms with E-state index in [0.717, 1.165) is 38.6 Å². The molecule has 2 N–H and O–H groups in total. The Morgan fingerprint density at radius 2 is 2.00 bits per heavy atom. The summed E-state index contributed by atoms with van der Waals surface area (Å²) in [5.41, 5.74) is 0. The summed E-state index contributed by atoms with van der Waals surface area (Å²) in [5.74, 6) is 0.934. The molecule has 116 valence electrons. The van der Waals surface area contributed by atoms with Gasteiger partial charge in [-0.05, 0) is 51.9 Å². The first-order valence-corrected chi connectivity index (χ1v) is 8.37. The predicted octanol–water partition coefficient (Wildman–Crippen LogP) is 1.61. The standard InChI is InChI=1S/C16H31N3O/c1-13(14-11-17-12-14)16(20)18-9-6-10-19(2)15-7-4-3-5-8-15/h13-15,17H,3-12H2,1-2H3,(H,18,20). The van der Waals surface area contributed by atoms with Crippen molar-refractivity contribution in [2.45, 2.75) is 51.5 Å². The lowest BCUT2D eigenvalue weighted by molar-refractivity contribution is -0.126. The molecule has 0 aromatic carbocycles.